The SMILES string of the molecule is CCCC(=O)OCN(C(=O)[C@@H](NC(=O)[C@H]1CCCCN1C)C(C)CC)[C@@H]1C[C@H](c2nc(C(=O)N[C@@H](Cc3ccc(O)cc3)C[C@H](C)C(=O)NN)cs2)OC1C. The first-order chi connectivity index (χ1) is 26.3. The maximum Gasteiger partial charge on any atom is 0.307 e. The van der Waals surface area contributed by atoms with Crippen LogP contribution in [0.15, 0.2) is 29.6 Å². The Bertz CT molecular complexity index is 1610. The van der Waals surface area contributed by atoms with Crippen molar-refractivity contribution in [1.82, 2.24) is 30.8 Å². The molecule has 2 unspecified atom stereocenters. The van der Waals surface area contributed by atoms with Crippen molar-refractivity contribution in [2.24, 2.45) is 17.7 Å². The molecule has 0 spiro atoms. The molecular weight excluding hydrogens is 727 g/mol. The molecule has 16 heteroatoms. The summed E-state index contributed by atoms with van der Waals surface area (Å²) in [7, 11) is 1.92. The minimum absolute atomic E-state index is 0.121. The van der Waals surface area contributed by atoms with E-state index in [1.807, 2.05) is 39.6 Å². The highest BCUT2D eigenvalue weighted by Crippen LogP contribution is 2.37. The Hall–Kier alpha value is -4.12. The van der Waals surface area contributed by atoms with Crippen LogP contribution in [0.5, 0.6) is 5.75 Å². The summed E-state index contributed by atoms with van der Waals surface area (Å²) in [5, 5.41) is 18.0. The molecule has 55 heavy (non-hydrogen) atoms. The normalized spacial score (nSPS) is 22.2. The Kier molecular flexibility index (Phi) is 16.4. The molecule has 0 saturated carbocycles. The van der Waals surface area contributed by atoms with Crippen molar-refractivity contribution in [3.8, 4) is 5.75 Å². The summed E-state index contributed by atoms with van der Waals surface area (Å²) in [6.45, 7) is 9.86. The molecule has 1 aromatic carbocycles. The Morgan fingerprint density at radius 1 is 1.13 bits per heavy atom. The minimum atomic E-state index is -0.840. The Morgan fingerprint density at radius 3 is 2.51 bits per heavy atom. The van der Waals surface area contributed by atoms with Gasteiger partial charge in [0.25, 0.3) is 5.91 Å². The molecule has 2 aliphatic rings. The molecule has 2 aromatic rings. The van der Waals surface area contributed by atoms with E-state index in [1.54, 1.807) is 36.6 Å². The van der Waals surface area contributed by atoms with Crippen molar-refractivity contribution >= 4 is 40.9 Å². The number of carbonyl (C=O) groups excluding carboxylic acids is 5. The van der Waals surface area contributed by atoms with Crippen LogP contribution in [0.1, 0.15) is 113 Å². The molecule has 6 N–H and O–H groups in total. The molecule has 4 rings (SSSR count). The zero-order valence-electron chi connectivity index (χ0n) is 32.9. The van der Waals surface area contributed by atoms with Crippen molar-refractivity contribution in [1.29, 1.82) is 0 Å². The van der Waals surface area contributed by atoms with Crippen molar-refractivity contribution in [2.45, 2.75) is 129 Å². The van der Waals surface area contributed by atoms with E-state index in [4.69, 9.17) is 15.3 Å². The molecular formula is C39H59N7O8S. The lowest BCUT2D eigenvalue weighted by Gasteiger charge is -2.37. The highest BCUT2D eigenvalue weighted by atomic mass is 32.1. The predicted molar refractivity (Wildman–Crippen MR) is 207 cm³/mol. The van der Waals surface area contributed by atoms with Crippen molar-refractivity contribution < 1.29 is 38.6 Å². The first-order valence-corrected chi connectivity index (χ1v) is 20.3. The fraction of sp³-hybridized carbons (Fsp3) is 0.641. The van der Waals surface area contributed by atoms with E-state index in [0.29, 0.717) is 43.5 Å². The third-order valence-corrected chi connectivity index (χ3v) is 11.7. The number of rotatable bonds is 18. The molecule has 0 bridgehead atoms. The zero-order chi connectivity index (χ0) is 40.2. The fourth-order valence-corrected chi connectivity index (χ4v) is 8.05. The number of nitrogens with zero attached hydrogens (tertiary/aromatic N) is 3. The summed E-state index contributed by atoms with van der Waals surface area (Å²) in [5.74, 6) is 3.06. The third-order valence-electron chi connectivity index (χ3n) is 10.7. The van der Waals surface area contributed by atoms with E-state index in [9.17, 15) is 29.1 Å². The number of likely N-dealkylation sites (N-methyl/N-ethyl adjacent to an activating group) is 1. The van der Waals surface area contributed by atoms with Crippen LogP contribution in [-0.4, -0.2) is 100 Å². The number of aromatic hydroxyl groups is 1. The average molecular weight is 786 g/mol. The van der Waals surface area contributed by atoms with E-state index in [0.717, 1.165) is 24.9 Å². The van der Waals surface area contributed by atoms with E-state index < -0.39 is 48.1 Å². The number of hydrogen-bond donors (Lipinski definition) is 5. The summed E-state index contributed by atoms with van der Waals surface area (Å²) in [5.41, 5.74) is 3.20. The van der Waals surface area contributed by atoms with E-state index >= 15 is 0 Å². The number of thiazole rings is 1. The summed E-state index contributed by atoms with van der Waals surface area (Å²) < 4.78 is 12.0. The summed E-state index contributed by atoms with van der Waals surface area (Å²) >= 11 is 1.26. The zero-order valence-corrected chi connectivity index (χ0v) is 33.7. The molecule has 2 saturated heterocycles. The number of benzene rings is 1. The lowest BCUT2D eigenvalue weighted by molar-refractivity contribution is -0.158. The van der Waals surface area contributed by atoms with Crippen LogP contribution < -0.4 is 21.9 Å². The standard InChI is InChI=1S/C39H59N7O8S/c1-7-11-33(48)53-22-46(39(52)34(23(3)8-2)43-37(51)30-12-9-10-17-45(30)6)31-20-32(54-25(31)5)38-42-29(21-55-38)36(50)41-27(18-24(4)35(49)44-40)19-26-13-15-28(47)16-14-26/h13-16,21,23-25,27,30-32,34,47H,7-12,17-20,22,40H2,1-6H3,(H,41,50)(H,43,51)(H,44,49)/t23?,24-,25?,27+,30+,31+,32+,34-/m0/s1. The molecule has 304 valence electrons. The topological polar surface area (TPSA) is 206 Å². The molecule has 8 atom stereocenters. The quantitative estimate of drug-likeness (QED) is 0.0486. The van der Waals surface area contributed by atoms with Crippen LogP contribution in [-0.2, 0) is 35.1 Å². The van der Waals surface area contributed by atoms with Gasteiger partial charge in [-0.05, 0) is 76.2 Å². The van der Waals surface area contributed by atoms with E-state index in [2.05, 4.69) is 21.0 Å². The molecule has 4 amide bonds. The second-order valence-corrected chi connectivity index (χ2v) is 15.8. The van der Waals surface area contributed by atoms with Crippen molar-refractivity contribution in [2.75, 3.05) is 20.3 Å². The predicted octanol–water partition coefficient (Wildman–Crippen LogP) is 3.57. The molecule has 0 radical (unpaired) electrons. The van der Waals surface area contributed by atoms with Crippen molar-refractivity contribution in [3.05, 3.63) is 45.9 Å². The summed E-state index contributed by atoms with van der Waals surface area (Å²) in [6.07, 6.45) is 4.12. The number of nitrogens with one attached hydrogen (secondary N) is 3. The van der Waals surface area contributed by atoms with Crippen LogP contribution in [0.3, 0.4) is 0 Å². The van der Waals surface area contributed by atoms with E-state index in [-0.39, 0.29) is 54.3 Å². The van der Waals surface area contributed by atoms with Crippen LogP contribution >= 0.6 is 11.3 Å². The Morgan fingerprint density at radius 2 is 1.85 bits per heavy atom. The summed E-state index contributed by atoms with van der Waals surface area (Å²) in [6, 6.07) is 4.51. The third kappa shape index (κ3) is 11.9. The molecule has 3 heterocycles. The molecule has 15 nitrogen and oxygen atoms in total. The number of hydrazine groups is 1. The van der Waals surface area contributed by atoms with Gasteiger partial charge in [-0.15, -0.1) is 11.3 Å². The lowest BCUT2D eigenvalue weighted by atomic mass is 9.95. The van der Waals surface area contributed by atoms with Gasteiger partial charge in [-0.2, -0.15) is 0 Å². The smallest absolute Gasteiger partial charge is 0.307 e. The second-order valence-electron chi connectivity index (χ2n) is 15.0. The summed E-state index contributed by atoms with van der Waals surface area (Å²) in [4.78, 5) is 74.6. The van der Waals surface area contributed by atoms with Crippen LogP contribution in [0.25, 0.3) is 0 Å². The fourth-order valence-electron chi connectivity index (χ4n) is 7.20. The maximum absolute atomic E-state index is 14.5. The number of carbonyl (C=O) groups is 5. The number of ether oxygens (including phenoxy) is 2. The van der Waals surface area contributed by atoms with Crippen LogP contribution in [0, 0.1) is 11.8 Å². The van der Waals surface area contributed by atoms with Gasteiger partial charge in [0.05, 0.1) is 18.2 Å². The van der Waals surface area contributed by atoms with Gasteiger partial charge in [0.2, 0.25) is 17.7 Å². The number of phenols is 1. The Balaban J connectivity index is 1.52. The van der Waals surface area contributed by atoms with Gasteiger partial charge in [-0.25, -0.2) is 10.8 Å². The molecule has 0 aliphatic carbocycles. The number of esters is 1. The van der Waals surface area contributed by atoms with Gasteiger partial charge in [0, 0.05) is 30.2 Å². The number of piperidine rings is 1. The first-order valence-electron chi connectivity index (χ1n) is 19.4. The number of aromatic nitrogens is 1. The minimum Gasteiger partial charge on any atom is -0.508 e. The number of nitrogens with two attached hydrogens (primary N) is 1. The maximum atomic E-state index is 14.5. The van der Waals surface area contributed by atoms with Crippen molar-refractivity contribution in [3.63, 3.8) is 0 Å². The molecule has 1 aromatic heterocycles. The van der Waals surface area contributed by atoms with Gasteiger partial charge < -0.3 is 30.1 Å². The highest BCUT2D eigenvalue weighted by molar-refractivity contribution is 7.09. The van der Waals surface area contributed by atoms with Gasteiger partial charge in [-0.1, -0.05) is 52.7 Å². The molecule has 2 aliphatic heterocycles. The van der Waals surface area contributed by atoms with Gasteiger partial charge in [-0.3, -0.25) is 34.3 Å². The monoisotopic (exact) mass is 785 g/mol. The average Bonchev–Trinajstić information content (AvgIpc) is 3.81. The number of phenolic OH excluding ortho intramolecular Hbond substituents is 1. The van der Waals surface area contributed by atoms with Crippen LogP contribution in [0.2, 0.25) is 0 Å². The second kappa shape index (κ2) is 20.7. The highest BCUT2D eigenvalue weighted by Gasteiger charge is 2.44. The molecule has 2 fully saturated rings. The number of amides is 4. The number of likely N-dealkylation sites (tertiary alicyclic amines) is 1. The van der Waals surface area contributed by atoms with Gasteiger partial charge in [0.1, 0.15) is 28.6 Å². The Labute approximate surface area is 328 Å². The van der Waals surface area contributed by atoms with Crippen LogP contribution in [0.4, 0.5) is 0 Å². The van der Waals surface area contributed by atoms with Gasteiger partial charge in [0.15, 0.2) is 6.73 Å². The first kappa shape index (κ1) is 43.6. The van der Waals surface area contributed by atoms with Gasteiger partial charge >= 0.3 is 5.97 Å². The lowest BCUT2D eigenvalue weighted by Crippen LogP contribution is -2.59. The largest absolute Gasteiger partial charge is 0.508 e. The number of hydrogen-bond acceptors (Lipinski definition) is 12. The van der Waals surface area contributed by atoms with E-state index in [1.165, 1.54) is 16.2 Å².